The maximum Gasteiger partial charge on any atom is 0.160 e. The van der Waals surface area contributed by atoms with Gasteiger partial charge in [-0.05, 0) is 75.8 Å². The summed E-state index contributed by atoms with van der Waals surface area (Å²) in [5.41, 5.74) is 10.9. The summed E-state index contributed by atoms with van der Waals surface area (Å²) in [7, 11) is 0. The second-order valence-electron chi connectivity index (χ2n) is 14.9. The molecule has 0 unspecified atom stereocenters. The zero-order valence-corrected chi connectivity index (χ0v) is 32.1. The Labute approximate surface area is 338 Å². The molecule has 4 heteroatoms. The summed E-state index contributed by atoms with van der Waals surface area (Å²) in [4.78, 5) is 10.3. The Morgan fingerprint density at radius 3 is 1.57 bits per heavy atom. The molecule has 12 aromatic rings. The van der Waals surface area contributed by atoms with E-state index in [-0.39, 0.29) is 0 Å². The van der Waals surface area contributed by atoms with E-state index >= 15 is 0 Å². The molecular formula is C54H33N3S. The number of hydrogen-bond donors (Lipinski definition) is 0. The van der Waals surface area contributed by atoms with Crippen molar-refractivity contribution in [2.24, 2.45) is 0 Å². The smallest absolute Gasteiger partial charge is 0.160 e. The highest BCUT2D eigenvalue weighted by molar-refractivity contribution is 7.26. The van der Waals surface area contributed by atoms with Crippen LogP contribution >= 0.6 is 11.3 Å². The summed E-state index contributed by atoms with van der Waals surface area (Å²) >= 11 is 1.90. The fourth-order valence-corrected chi connectivity index (χ4v) is 10.1. The minimum atomic E-state index is 0.701. The summed E-state index contributed by atoms with van der Waals surface area (Å²) in [5, 5.41) is 10.2. The van der Waals surface area contributed by atoms with Gasteiger partial charge in [0.15, 0.2) is 5.82 Å². The summed E-state index contributed by atoms with van der Waals surface area (Å²) in [5.74, 6) is 0.701. The first kappa shape index (κ1) is 32.8. The number of rotatable bonds is 5. The second kappa shape index (κ2) is 13.1. The highest BCUT2D eigenvalue weighted by atomic mass is 32.1. The number of nitrogens with zero attached hydrogens (tertiary/aromatic N) is 3. The van der Waals surface area contributed by atoms with Crippen LogP contribution in [-0.4, -0.2) is 14.5 Å². The van der Waals surface area contributed by atoms with Crippen LogP contribution in [0.15, 0.2) is 200 Å². The van der Waals surface area contributed by atoms with Crippen molar-refractivity contribution in [2.45, 2.75) is 0 Å². The number of benzene rings is 9. The molecule has 9 aromatic carbocycles. The van der Waals surface area contributed by atoms with E-state index in [2.05, 4.69) is 193 Å². The number of hydrogen-bond acceptors (Lipinski definition) is 3. The minimum absolute atomic E-state index is 0.701. The van der Waals surface area contributed by atoms with Crippen molar-refractivity contribution in [1.82, 2.24) is 14.5 Å². The van der Waals surface area contributed by atoms with Gasteiger partial charge in [-0.2, -0.15) is 0 Å². The predicted molar refractivity (Wildman–Crippen MR) is 246 cm³/mol. The van der Waals surface area contributed by atoms with Gasteiger partial charge in [-0.3, -0.25) is 0 Å². The summed E-state index contributed by atoms with van der Waals surface area (Å²) in [6.07, 6.45) is 0. The van der Waals surface area contributed by atoms with Gasteiger partial charge >= 0.3 is 0 Å². The fourth-order valence-electron chi connectivity index (χ4n) is 8.91. The molecule has 0 radical (unpaired) electrons. The maximum absolute atomic E-state index is 5.13. The standard InChI is InChI=1S/C54H33N3S/c1-4-14-34(15-5-1)38-26-31-49-45(32-38)44-29-30-48-51(53(44)58-49)50-42-22-12-10-20-40(42)41-21-11-13-23-43(41)52(50)57(48)39-27-24-37(25-28-39)54-55-46(35-16-6-2-7-17-35)33-47(56-54)36-18-8-3-9-19-36/h1-33H. The van der Waals surface area contributed by atoms with Crippen LogP contribution in [0.2, 0.25) is 0 Å². The first-order valence-corrected chi connectivity index (χ1v) is 20.5. The second-order valence-corrected chi connectivity index (χ2v) is 16.0. The van der Waals surface area contributed by atoms with Crippen LogP contribution in [0.5, 0.6) is 0 Å². The third kappa shape index (κ3) is 5.12. The van der Waals surface area contributed by atoms with Gasteiger partial charge in [0.25, 0.3) is 0 Å². The molecule has 0 saturated heterocycles. The highest BCUT2D eigenvalue weighted by Crippen LogP contribution is 2.48. The largest absolute Gasteiger partial charge is 0.309 e. The van der Waals surface area contributed by atoms with Crippen LogP contribution in [0, 0.1) is 0 Å². The Morgan fingerprint density at radius 1 is 0.362 bits per heavy atom. The molecule has 12 rings (SSSR count). The predicted octanol–water partition coefficient (Wildman–Crippen LogP) is 14.9. The lowest BCUT2D eigenvalue weighted by Gasteiger charge is -2.13. The minimum Gasteiger partial charge on any atom is -0.309 e. The molecular weight excluding hydrogens is 723 g/mol. The average molecular weight is 756 g/mol. The Bertz CT molecular complexity index is 3470. The van der Waals surface area contributed by atoms with Gasteiger partial charge < -0.3 is 4.57 Å². The van der Waals surface area contributed by atoms with Crippen LogP contribution in [0.4, 0.5) is 0 Å². The summed E-state index contributed by atoms with van der Waals surface area (Å²) < 4.78 is 5.10. The first-order valence-electron chi connectivity index (χ1n) is 19.7. The Balaban J connectivity index is 1.11. The summed E-state index contributed by atoms with van der Waals surface area (Å²) in [6.45, 7) is 0. The van der Waals surface area contributed by atoms with Gasteiger partial charge in [-0.15, -0.1) is 11.3 Å². The van der Waals surface area contributed by atoms with Gasteiger partial charge in [0.2, 0.25) is 0 Å². The quantitative estimate of drug-likeness (QED) is 0.164. The Hall–Kier alpha value is -7.40. The zero-order chi connectivity index (χ0) is 38.2. The molecule has 0 bridgehead atoms. The molecule has 0 aliphatic carbocycles. The van der Waals surface area contributed by atoms with Crippen molar-refractivity contribution in [3.05, 3.63) is 200 Å². The van der Waals surface area contributed by atoms with Crippen molar-refractivity contribution in [3.8, 4) is 50.7 Å². The van der Waals surface area contributed by atoms with E-state index < -0.39 is 0 Å². The van der Waals surface area contributed by atoms with Crippen molar-refractivity contribution in [1.29, 1.82) is 0 Å². The van der Waals surface area contributed by atoms with Crippen molar-refractivity contribution in [2.75, 3.05) is 0 Å². The molecule has 0 amide bonds. The molecule has 270 valence electrons. The molecule has 0 atom stereocenters. The van der Waals surface area contributed by atoms with Gasteiger partial charge in [0, 0.05) is 58.7 Å². The SMILES string of the molecule is c1ccc(-c2ccc3sc4c(ccc5c4c4c6ccccc6c6ccccc6c4n5-c4ccc(-c5nc(-c6ccccc6)cc(-c6ccccc6)n5)cc4)c3c2)cc1. The van der Waals surface area contributed by atoms with E-state index in [0.29, 0.717) is 5.82 Å². The van der Waals surface area contributed by atoms with E-state index in [0.717, 1.165) is 33.8 Å². The number of aromatic nitrogens is 3. The molecule has 0 aliphatic rings. The Kier molecular flexibility index (Phi) is 7.40. The first-order chi connectivity index (χ1) is 28.8. The molecule has 0 aliphatic heterocycles. The molecule has 0 saturated carbocycles. The lowest BCUT2D eigenvalue weighted by atomic mass is 9.96. The van der Waals surface area contributed by atoms with Gasteiger partial charge in [0.05, 0.1) is 22.4 Å². The van der Waals surface area contributed by atoms with Crippen LogP contribution in [-0.2, 0) is 0 Å². The topological polar surface area (TPSA) is 30.7 Å². The average Bonchev–Trinajstić information content (AvgIpc) is 3.86. The number of fused-ring (bicyclic) bond motifs is 12. The van der Waals surface area contributed by atoms with Gasteiger partial charge in [-0.25, -0.2) is 9.97 Å². The van der Waals surface area contributed by atoms with E-state index in [1.165, 1.54) is 74.6 Å². The fraction of sp³-hybridized carbons (Fsp3) is 0. The lowest BCUT2D eigenvalue weighted by Crippen LogP contribution is -1.97. The lowest BCUT2D eigenvalue weighted by molar-refractivity contribution is 1.17. The third-order valence-electron chi connectivity index (χ3n) is 11.6. The van der Waals surface area contributed by atoms with Crippen LogP contribution in [0.25, 0.3) is 114 Å². The van der Waals surface area contributed by atoms with E-state index in [4.69, 9.17) is 9.97 Å². The third-order valence-corrected chi connectivity index (χ3v) is 12.8. The molecule has 0 N–H and O–H groups in total. The van der Waals surface area contributed by atoms with Crippen molar-refractivity contribution in [3.63, 3.8) is 0 Å². The normalized spacial score (nSPS) is 11.8. The highest BCUT2D eigenvalue weighted by Gasteiger charge is 2.22. The maximum atomic E-state index is 5.13. The number of thiophene rings is 1. The van der Waals surface area contributed by atoms with E-state index in [9.17, 15) is 0 Å². The molecule has 58 heavy (non-hydrogen) atoms. The molecule has 3 heterocycles. The van der Waals surface area contributed by atoms with Crippen molar-refractivity contribution < 1.29 is 0 Å². The molecule has 0 spiro atoms. The van der Waals surface area contributed by atoms with Gasteiger partial charge in [0.1, 0.15) is 0 Å². The van der Waals surface area contributed by atoms with Crippen LogP contribution < -0.4 is 0 Å². The van der Waals surface area contributed by atoms with Crippen LogP contribution in [0.3, 0.4) is 0 Å². The summed E-state index contributed by atoms with van der Waals surface area (Å²) in [6, 6.07) is 71.8. The van der Waals surface area contributed by atoms with E-state index in [1.54, 1.807) is 0 Å². The van der Waals surface area contributed by atoms with Gasteiger partial charge in [-0.1, -0.05) is 152 Å². The molecule has 3 nitrogen and oxygen atoms in total. The zero-order valence-electron chi connectivity index (χ0n) is 31.3. The Morgan fingerprint density at radius 2 is 0.914 bits per heavy atom. The molecule has 0 fully saturated rings. The van der Waals surface area contributed by atoms with Crippen LogP contribution in [0.1, 0.15) is 0 Å². The van der Waals surface area contributed by atoms with E-state index in [1.807, 2.05) is 23.5 Å². The molecule has 3 aromatic heterocycles. The monoisotopic (exact) mass is 755 g/mol. The van der Waals surface area contributed by atoms with Crippen molar-refractivity contribution >= 4 is 74.9 Å².